The van der Waals surface area contributed by atoms with Gasteiger partial charge in [0.1, 0.15) is 5.82 Å². The van der Waals surface area contributed by atoms with Crippen LogP contribution in [0.1, 0.15) is 43.6 Å². The summed E-state index contributed by atoms with van der Waals surface area (Å²) in [6.07, 6.45) is 0. The molecule has 0 unspecified atom stereocenters. The average Bonchev–Trinajstić information content (AvgIpc) is 2.38. The predicted molar refractivity (Wildman–Crippen MR) is 78.4 cm³/mol. The van der Waals surface area contributed by atoms with Crippen LogP contribution in [0.15, 0.2) is 18.2 Å². The van der Waals surface area contributed by atoms with Gasteiger partial charge in [0, 0.05) is 30.3 Å². The van der Waals surface area contributed by atoms with E-state index in [9.17, 15) is 9.18 Å². The molecule has 3 N–H and O–H groups in total. The number of hydrazine groups is 1. The fourth-order valence-corrected chi connectivity index (χ4v) is 2.07. The van der Waals surface area contributed by atoms with Gasteiger partial charge in [0.25, 0.3) is 5.91 Å². The molecule has 1 aromatic carbocycles. The number of carbonyl (C=O) groups is 1. The molecule has 0 aliphatic carbocycles. The second kappa shape index (κ2) is 7.36. The van der Waals surface area contributed by atoms with E-state index >= 15 is 0 Å². The minimum atomic E-state index is -0.411. The maximum atomic E-state index is 13.9. The molecule has 0 bridgehead atoms. The molecule has 20 heavy (non-hydrogen) atoms. The van der Waals surface area contributed by atoms with E-state index in [1.165, 1.54) is 12.1 Å². The lowest BCUT2D eigenvalue weighted by Crippen LogP contribution is -2.34. The number of carbonyl (C=O) groups excluding carboxylic acids is 1. The summed E-state index contributed by atoms with van der Waals surface area (Å²) in [5.74, 6) is 4.89. The van der Waals surface area contributed by atoms with Crippen LogP contribution in [0, 0.1) is 11.7 Å². The third-order valence-electron chi connectivity index (χ3n) is 3.14. The molecular weight excluding hydrogens is 257 g/mol. The van der Waals surface area contributed by atoms with Crippen LogP contribution in [0.5, 0.6) is 0 Å². The topological polar surface area (TPSA) is 58.4 Å². The van der Waals surface area contributed by atoms with Crippen LogP contribution in [-0.2, 0) is 6.54 Å². The third-order valence-corrected chi connectivity index (χ3v) is 3.14. The van der Waals surface area contributed by atoms with E-state index in [1.54, 1.807) is 6.07 Å². The zero-order chi connectivity index (χ0) is 15.3. The van der Waals surface area contributed by atoms with Crippen molar-refractivity contribution in [2.45, 2.75) is 40.3 Å². The molecule has 0 fully saturated rings. The Bertz CT molecular complexity index is 460. The Labute approximate surface area is 120 Å². The summed E-state index contributed by atoms with van der Waals surface area (Å²) in [5.41, 5.74) is 2.95. The van der Waals surface area contributed by atoms with Crippen molar-refractivity contribution in [3.05, 3.63) is 35.1 Å². The molecule has 0 atom stereocenters. The number of nitrogen functional groups attached to an aromatic ring is 1. The number of amides is 1. The Kier molecular flexibility index (Phi) is 6.10. The van der Waals surface area contributed by atoms with Gasteiger partial charge >= 0.3 is 0 Å². The minimum absolute atomic E-state index is 0.298. The summed E-state index contributed by atoms with van der Waals surface area (Å²) >= 11 is 0. The van der Waals surface area contributed by atoms with E-state index in [4.69, 9.17) is 5.84 Å². The third kappa shape index (κ3) is 4.58. The Hall–Kier alpha value is -1.46. The van der Waals surface area contributed by atoms with Crippen molar-refractivity contribution in [1.29, 1.82) is 0 Å². The van der Waals surface area contributed by atoms with Gasteiger partial charge in [-0.05, 0) is 38.0 Å². The number of nitrogens with one attached hydrogen (secondary N) is 1. The van der Waals surface area contributed by atoms with Crippen LogP contribution in [0.4, 0.5) is 4.39 Å². The number of benzene rings is 1. The molecule has 0 aliphatic heterocycles. The first kappa shape index (κ1) is 16.6. The van der Waals surface area contributed by atoms with Crippen LogP contribution in [0.25, 0.3) is 0 Å². The Morgan fingerprint density at radius 2 is 2.00 bits per heavy atom. The van der Waals surface area contributed by atoms with Crippen molar-refractivity contribution < 1.29 is 9.18 Å². The molecule has 1 rings (SSSR count). The number of nitrogens with two attached hydrogens (primary N) is 1. The highest BCUT2D eigenvalue weighted by molar-refractivity contribution is 5.93. The molecule has 0 spiro atoms. The van der Waals surface area contributed by atoms with Crippen LogP contribution >= 0.6 is 0 Å². The van der Waals surface area contributed by atoms with Gasteiger partial charge < -0.3 is 0 Å². The van der Waals surface area contributed by atoms with Gasteiger partial charge in [-0.3, -0.25) is 15.1 Å². The normalized spacial score (nSPS) is 11.4. The van der Waals surface area contributed by atoms with Gasteiger partial charge in [-0.2, -0.15) is 0 Å². The Morgan fingerprint density at radius 1 is 1.35 bits per heavy atom. The summed E-state index contributed by atoms with van der Waals surface area (Å²) in [5, 5.41) is 0. The zero-order valence-electron chi connectivity index (χ0n) is 12.6. The number of hydrogen-bond acceptors (Lipinski definition) is 3. The SMILES string of the molecule is CC(C)CN(Cc1cc(C(=O)NN)ccc1F)C(C)C. The highest BCUT2D eigenvalue weighted by Crippen LogP contribution is 2.16. The van der Waals surface area contributed by atoms with Gasteiger partial charge in [-0.25, -0.2) is 10.2 Å². The smallest absolute Gasteiger partial charge is 0.265 e. The molecule has 4 nitrogen and oxygen atoms in total. The van der Waals surface area contributed by atoms with Crippen LogP contribution in [0.3, 0.4) is 0 Å². The Balaban J connectivity index is 2.96. The molecule has 112 valence electrons. The largest absolute Gasteiger partial charge is 0.296 e. The summed E-state index contributed by atoms with van der Waals surface area (Å²) in [4.78, 5) is 13.7. The lowest BCUT2D eigenvalue weighted by Gasteiger charge is -2.28. The zero-order valence-corrected chi connectivity index (χ0v) is 12.6. The fraction of sp³-hybridized carbons (Fsp3) is 0.533. The van der Waals surface area contributed by atoms with E-state index in [2.05, 4.69) is 38.0 Å². The molecule has 0 heterocycles. The minimum Gasteiger partial charge on any atom is -0.296 e. The number of hydrogen-bond donors (Lipinski definition) is 2. The second-order valence-corrected chi connectivity index (χ2v) is 5.70. The van der Waals surface area contributed by atoms with E-state index in [0.717, 1.165) is 6.54 Å². The standard InChI is InChI=1S/C15H24FN3O/c1-10(2)8-19(11(3)4)9-13-7-12(15(20)18-17)5-6-14(13)16/h5-7,10-11H,8-9,17H2,1-4H3,(H,18,20). The van der Waals surface area contributed by atoms with E-state index < -0.39 is 5.91 Å². The molecule has 5 heteroatoms. The summed E-state index contributed by atoms with van der Waals surface area (Å²) < 4.78 is 13.9. The first-order valence-electron chi connectivity index (χ1n) is 6.88. The van der Waals surface area contributed by atoms with Crippen molar-refractivity contribution in [2.24, 2.45) is 11.8 Å². The van der Waals surface area contributed by atoms with Gasteiger partial charge in [0.2, 0.25) is 0 Å². The quantitative estimate of drug-likeness (QED) is 0.478. The summed E-state index contributed by atoms with van der Waals surface area (Å²) in [6, 6.07) is 4.62. The number of nitrogens with zero attached hydrogens (tertiary/aromatic N) is 1. The summed E-state index contributed by atoms with van der Waals surface area (Å²) in [7, 11) is 0. The van der Waals surface area contributed by atoms with Crippen molar-refractivity contribution >= 4 is 5.91 Å². The van der Waals surface area contributed by atoms with E-state index in [-0.39, 0.29) is 5.82 Å². The molecule has 1 amide bonds. The number of halogens is 1. The first-order chi connectivity index (χ1) is 9.35. The van der Waals surface area contributed by atoms with Crippen LogP contribution in [-0.4, -0.2) is 23.4 Å². The van der Waals surface area contributed by atoms with Gasteiger partial charge in [0.15, 0.2) is 0 Å². The van der Waals surface area contributed by atoms with Crippen molar-refractivity contribution in [3.63, 3.8) is 0 Å². The highest BCUT2D eigenvalue weighted by atomic mass is 19.1. The summed E-state index contributed by atoms with van der Waals surface area (Å²) in [6.45, 7) is 9.78. The lowest BCUT2D eigenvalue weighted by molar-refractivity contribution is 0.0953. The van der Waals surface area contributed by atoms with Crippen LogP contribution < -0.4 is 11.3 Å². The highest BCUT2D eigenvalue weighted by Gasteiger charge is 2.15. The van der Waals surface area contributed by atoms with Crippen molar-refractivity contribution in [2.75, 3.05) is 6.54 Å². The van der Waals surface area contributed by atoms with E-state index in [0.29, 0.717) is 29.6 Å². The maximum absolute atomic E-state index is 13.9. The molecule has 1 aromatic rings. The predicted octanol–water partition coefficient (Wildman–Crippen LogP) is 2.30. The average molecular weight is 281 g/mol. The number of rotatable bonds is 6. The molecular formula is C15H24FN3O. The van der Waals surface area contributed by atoms with Gasteiger partial charge in [0.05, 0.1) is 0 Å². The second-order valence-electron chi connectivity index (χ2n) is 5.70. The molecule has 0 aliphatic rings. The molecule has 0 radical (unpaired) electrons. The monoisotopic (exact) mass is 281 g/mol. The van der Waals surface area contributed by atoms with Crippen molar-refractivity contribution in [1.82, 2.24) is 10.3 Å². The van der Waals surface area contributed by atoms with Gasteiger partial charge in [-0.15, -0.1) is 0 Å². The fourth-order valence-electron chi connectivity index (χ4n) is 2.07. The van der Waals surface area contributed by atoms with E-state index in [1.807, 2.05) is 0 Å². The maximum Gasteiger partial charge on any atom is 0.265 e. The lowest BCUT2D eigenvalue weighted by atomic mass is 10.1. The molecule has 0 saturated heterocycles. The first-order valence-corrected chi connectivity index (χ1v) is 6.88. The molecule has 0 saturated carbocycles. The van der Waals surface area contributed by atoms with Crippen molar-refractivity contribution in [3.8, 4) is 0 Å². The van der Waals surface area contributed by atoms with Crippen LogP contribution in [0.2, 0.25) is 0 Å². The molecule has 0 aromatic heterocycles. The van der Waals surface area contributed by atoms with Gasteiger partial charge in [-0.1, -0.05) is 13.8 Å². The Morgan fingerprint density at radius 3 is 2.50 bits per heavy atom.